The number of nitrogens with two attached hydrogens (primary N) is 1. The van der Waals surface area contributed by atoms with Gasteiger partial charge in [-0.3, -0.25) is 0 Å². The second-order valence-corrected chi connectivity index (χ2v) is 5.81. The second-order valence-electron chi connectivity index (χ2n) is 4.96. The number of halogens is 1. The summed E-state index contributed by atoms with van der Waals surface area (Å²) in [4.78, 5) is 0. The molecule has 14 heavy (non-hydrogen) atoms. The molecule has 0 saturated heterocycles. The molecule has 1 atom stereocenters. The van der Waals surface area contributed by atoms with Crippen molar-refractivity contribution in [3.05, 3.63) is 33.8 Å². The van der Waals surface area contributed by atoms with Crippen LogP contribution in [0.15, 0.2) is 22.7 Å². The minimum atomic E-state index is 0.200. The van der Waals surface area contributed by atoms with Crippen molar-refractivity contribution in [1.29, 1.82) is 0 Å². The molecule has 1 aromatic rings. The Hall–Kier alpha value is -0.340. The number of hydrogen-bond donors (Lipinski definition) is 1. The van der Waals surface area contributed by atoms with E-state index in [1.54, 1.807) is 0 Å². The maximum absolute atomic E-state index is 6.17. The summed E-state index contributed by atoms with van der Waals surface area (Å²) < 4.78 is 1.21. The first-order valence-electron chi connectivity index (χ1n) is 5.02. The molecule has 0 bridgehead atoms. The highest BCUT2D eigenvalue weighted by Gasteiger charge is 2.30. The Morgan fingerprint density at radius 2 is 2.14 bits per heavy atom. The van der Waals surface area contributed by atoms with Crippen LogP contribution in [0.5, 0.6) is 0 Å². The van der Waals surface area contributed by atoms with Crippen molar-refractivity contribution < 1.29 is 0 Å². The van der Waals surface area contributed by atoms with Crippen molar-refractivity contribution in [2.45, 2.75) is 32.7 Å². The van der Waals surface area contributed by atoms with Crippen LogP contribution in [0.2, 0.25) is 0 Å². The van der Waals surface area contributed by atoms with Gasteiger partial charge < -0.3 is 5.73 Å². The average molecular weight is 254 g/mol. The van der Waals surface area contributed by atoms with Gasteiger partial charge in [-0.2, -0.15) is 0 Å². The summed E-state index contributed by atoms with van der Waals surface area (Å²) in [5.74, 6) is 0. The third kappa shape index (κ3) is 1.73. The lowest BCUT2D eigenvalue weighted by atomic mass is 9.72. The van der Waals surface area contributed by atoms with Crippen molar-refractivity contribution in [1.82, 2.24) is 0 Å². The standard InChI is InChI=1S/C12H16BrN/c1-12(2)6-9-8(11(14)7-12)4-3-5-10(9)13/h3-5,11H,6-7,14H2,1-2H3. The van der Waals surface area contributed by atoms with E-state index in [-0.39, 0.29) is 6.04 Å². The monoisotopic (exact) mass is 253 g/mol. The van der Waals surface area contributed by atoms with Crippen LogP contribution in [0.4, 0.5) is 0 Å². The Morgan fingerprint density at radius 1 is 1.43 bits per heavy atom. The first kappa shape index (κ1) is 10.2. The molecule has 2 heteroatoms. The Bertz CT molecular complexity index is 357. The summed E-state index contributed by atoms with van der Waals surface area (Å²) in [7, 11) is 0. The van der Waals surface area contributed by atoms with E-state index in [9.17, 15) is 0 Å². The molecule has 0 radical (unpaired) electrons. The normalized spacial score (nSPS) is 24.4. The Kier molecular flexibility index (Phi) is 2.44. The molecule has 0 aromatic heterocycles. The molecule has 0 aliphatic heterocycles. The summed E-state index contributed by atoms with van der Waals surface area (Å²) >= 11 is 3.61. The molecule has 1 aliphatic rings. The lowest BCUT2D eigenvalue weighted by molar-refractivity contribution is 0.282. The third-order valence-corrected chi connectivity index (χ3v) is 3.73. The van der Waals surface area contributed by atoms with Crippen molar-refractivity contribution in [3.8, 4) is 0 Å². The predicted molar refractivity (Wildman–Crippen MR) is 63.2 cm³/mol. The highest BCUT2D eigenvalue weighted by atomic mass is 79.9. The first-order chi connectivity index (χ1) is 6.49. The molecule has 0 fully saturated rings. The van der Waals surface area contributed by atoms with Gasteiger partial charge in [0.25, 0.3) is 0 Å². The van der Waals surface area contributed by atoms with E-state index in [1.807, 2.05) is 0 Å². The molecule has 0 spiro atoms. The van der Waals surface area contributed by atoms with E-state index in [4.69, 9.17) is 5.73 Å². The van der Waals surface area contributed by atoms with Gasteiger partial charge in [-0.25, -0.2) is 0 Å². The summed E-state index contributed by atoms with van der Waals surface area (Å²) in [6.07, 6.45) is 2.20. The number of hydrogen-bond acceptors (Lipinski definition) is 1. The van der Waals surface area contributed by atoms with Gasteiger partial charge >= 0.3 is 0 Å². The molecule has 0 amide bonds. The zero-order valence-electron chi connectivity index (χ0n) is 8.68. The van der Waals surface area contributed by atoms with Gasteiger partial charge in [0.2, 0.25) is 0 Å². The van der Waals surface area contributed by atoms with Gasteiger partial charge in [0, 0.05) is 10.5 Å². The molecule has 1 unspecified atom stereocenters. The molecule has 1 nitrogen and oxygen atoms in total. The van der Waals surface area contributed by atoms with Gasteiger partial charge in [0.15, 0.2) is 0 Å². The van der Waals surface area contributed by atoms with Gasteiger partial charge in [0.1, 0.15) is 0 Å². The van der Waals surface area contributed by atoms with Gasteiger partial charge in [0.05, 0.1) is 0 Å². The number of benzene rings is 1. The fraction of sp³-hybridized carbons (Fsp3) is 0.500. The van der Waals surface area contributed by atoms with Crippen LogP contribution in [0, 0.1) is 5.41 Å². The summed E-state index contributed by atoms with van der Waals surface area (Å²) in [6.45, 7) is 4.57. The molecule has 1 aliphatic carbocycles. The van der Waals surface area contributed by atoms with Gasteiger partial charge in [-0.05, 0) is 35.4 Å². The Labute approximate surface area is 93.8 Å². The van der Waals surface area contributed by atoms with E-state index in [0.717, 1.165) is 12.8 Å². The molecule has 2 N–H and O–H groups in total. The molecule has 1 aromatic carbocycles. The summed E-state index contributed by atoms with van der Waals surface area (Å²) in [5.41, 5.74) is 9.22. The largest absolute Gasteiger partial charge is 0.324 e. The smallest absolute Gasteiger partial charge is 0.0303 e. The molecule has 2 rings (SSSR count). The molecular weight excluding hydrogens is 238 g/mol. The van der Waals surface area contributed by atoms with Crippen LogP contribution >= 0.6 is 15.9 Å². The maximum Gasteiger partial charge on any atom is 0.0303 e. The fourth-order valence-corrected chi connectivity index (χ4v) is 2.89. The van der Waals surface area contributed by atoms with Crippen LogP contribution in [-0.2, 0) is 6.42 Å². The van der Waals surface area contributed by atoms with Crippen LogP contribution in [-0.4, -0.2) is 0 Å². The van der Waals surface area contributed by atoms with E-state index in [0.29, 0.717) is 5.41 Å². The molecule has 76 valence electrons. The fourth-order valence-electron chi connectivity index (χ4n) is 2.37. The average Bonchev–Trinajstić information content (AvgIpc) is 2.05. The van der Waals surface area contributed by atoms with Crippen molar-refractivity contribution in [2.24, 2.45) is 11.1 Å². The first-order valence-corrected chi connectivity index (χ1v) is 5.82. The van der Waals surface area contributed by atoms with Gasteiger partial charge in [-0.1, -0.05) is 41.9 Å². The van der Waals surface area contributed by atoms with E-state index < -0.39 is 0 Å². The maximum atomic E-state index is 6.17. The highest BCUT2D eigenvalue weighted by molar-refractivity contribution is 9.10. The van der Waals surface area contributed by atoms with Crippen molar-refractivity contribution in [3.63, 3.8) is 0 Å². The van der Waals surface area contributed by atoms with Gasteiger partial charge in [-0.15, -0.1) is 0 Å². The second kappa shape index (κ2) is 3.35. The van der Waals surface area contributed by atoms with E-state index in [1.165, 1.54) is 15.6 Å². The Balaban J connectivity index is 2.51. The van der Waals surface area contributed by atoms with Crippen LogP contribution < -0.4 is 5.73 Å². The minimum absolute atomic E-state index is 0.200. The zero-order chi connectivity index (χ0) is 10.3. The topological polar surface area (TPSA) is 26.0 Å². The summed E-state index contributed by atoms with van der Waals surface area (Å²) in [6, 6.07) is 6.53. The molecule has 0 heterocycles. The lowest BCUT2D eigenvalue weighted by Gasteiger charge is -2.35. The van der Waals surface area contributed by atoms with Crippen molar-refractivity contribution >= 4 is 15.9 Å². The highest BCUT2D eigenvalue weighted by Crippen LogP contribution is 2.41. The van der Waals surface area contributed by atoms with Crippen LogP contribution in [0.1, 0.15) is 37.4 Å². The van der Waals surface area contributed by atoms with Crippen LogP contribution in [0.25, 0.3) is 0 Å². The Morgan fingerprint density at radius 3 is 2.86 bits per heavy atom. The zero-order valence-corrected chi connectivity index (χ0v) is 10.3. The molecular formula is C12H16BrN. The third-order valence-electron chi connectivity index (χ3n) is 2.98. The SMILES string of the molecule is CC1(C)Cc2c(Br)cccc2C(N)C1. The van der Waals surface area contributed by atoms with Crippen LogP contribution in [0.3, 0.4) is 0 Å². The van der Waals surface area contributed by atoms with E-state index >= 15 is 0 Å². The van der Waals surface area contributed by atoms with E-state index in [2.05, 4.69) is 48.0 Å². The minimum Gasteiger partial charge on any atom is -0.324 e. The predicted octanol–water partition coefficient (Wildman–Crippen LogP) is 3.42. The quantitative estimate of drug-likeness (QED) is 0.754. The number of rotatable bonds is 0. The van der Waals surface area contributed by atoms with Crippen molar-refractivity contribution in [2.75, 3.05) is 0 Å². The lowest BCUT2D eigenvalue weighted by Crippen LogP contribution is -2.29. The molecule has 0 saturated carbocycles. The number of fused-ring (bicyclic) bond motifs is 1. The summed E-state index contributed by atoms with van der Waals surface area (Å²) in [5, 5.41) is 0.